The van der Waals surface area contributed by atoms with Gasteiger partial charge in [0.1, 0.15) is 5.69 Å². The summed E-state index contributed by atoms with van der Waals surface area (Å²) in [7, 11) is 0. The lowest BCUT2D eigenvalue weighted by Gasteiger charge is -2.16. The van der Waals surface area contributed by atoms with Gasteiger partial charge in [-0.15, -0.1) is 0 Å². The number of carbonyl (C=O) groups is 1. The molecule has 2 rings (SSSR count). The molecular weight excluding hydrogens is 240 g/mol. The van der Waals surface area contributed by atoms with Crippen molar-refractivity contribution in [1.82, 2.24) is 14.7 Å². The van der Waals surface area contributed by atoms with Crippen LogP contribution >= 0.6 is 0 Å². The minimum Gasteiger partial charge on any atom is -0.333 e. The van der Waals surface area contributed by atoms with Gasteiger partial charge in [-0.1, -0.05) is 0 Å². The average Bonchev–Trinajstić information content (AvgIpc) is 2.70. The molecule has 1 amide bonds. The molecule has 18 heavy (non-hydrogen) atoms. The second-order valence-corrected chi connectivity index (χ2v) is 5.08. The van der Waals surface area contributed by atoms with E-state index in [2.05, 4.69) is 5.10 Å². The molecule has 4 nitrogen and oxygen atoms in total. The van der Waals surface area contributed by atoms with E-state index >= 15 is 0 Å². The van der Waals surface area contributed by atoms with Crippen molar-refractivity contribution in [2.75, 3.05) is 0 Å². The van der Waals surface area contributed by atoms with Gasteiger partial charge in [-0.25, -0.2) is 0 Å². The molecular formula is C12H17F2N3O. The van der Waals surface area contributed by atoms with Crippen LogP contribution < -0.4 is 0 Å². The molecule has 0 radical (unpaired) electrons. The Bertz CT molecular complexity index is 488. The van der Waals surface area contributed by atoms with Crippen LogP contribution in [0, 0.1) is 0 Å². The molecule has 0 fully saturated rings. The zero-order valence-electron chi connectivity index (χ0n) is 11.0. The molecule has 0 saturated heterocycles. The van der Waals surface area contributed by atoms with Gasteiger partial charge >= 0.3 is 0 Å². The van der Waals surface area contributed by atoms with E-state index in [0.717, 1.165) is 12.6 Å². The van der Waals surface area contributed by atoms with Crippen LogP contribution in [-0.2, 0) is 23.8 Å². The third-order valence-electron chi connectivity index (χ3n) is 3.16. The minimum atomic E-state index is -2.98. The summed E-state index contributed by atoms with van der Waals surface area (Å²) in [5.41, 5.74) is 1.04. The van der Waals surface area contributed by atoms with Gasteiger partial charge in [-0.2, -0.15) is 13.9 Å². The summed E-state index contributed by atoms with van der Waals surface area (Å²) in [6, 6.07) is 0.00163. The Balaban J connectivity index is 2.50. The lowest BCUT2D eigenvalue weighted by Crippen LogP contribution is -2.24. The zero-order chi connectivity index (χ0) is 13.7. The predicted molar refractivity (Wildman–Crippen MR) is 62.1 cm³/mol. The van der Waals surface area contributed by atoms with Gasteiger partial charge in [0.2, 0.25) is 5.91 Å². The van der Waals surface area contributed by atoms with Gasteiger partial charge in [0, 0.05) is 25.5 Å². The van der Waals surface area contributed by atoms with Gasteiger partial charge in [0.25, 0.3) is 5.92 Å². The fourth-order valence-electron chi connectivity index (χ4n) is 2.27. The van der Waals surface area contributed by atoms with Crippen molar-refractivity contribution in [2.45, 2.75) is 52.7 Å². The number of nitrogens with zero attached hydrogens (tertiary/aromatic N) is 3. The van der Waals surface area contributed by atoms with E-state index in [1.807, 2.05) is 13.8 Å². The van der Waals surface area contributed by atoms with Crippen LogP contribution in [0.2, 0.25) is 0 Å². The SMILES string of the molecule is CC(=O)N1Cc2c(C(C)(F)F)nn(C(C)C)c2C1. The second kappa shape index (κ2) is 4.03. The molecule has 1 aliphatic rings. The molecule has 0 unspecified atom stereocenters. The summed E-state index contributed by atoms with van der Waals surface area (Å²) in [5, 5.41) is 4.03. The van der Waals surface area contributed by atoms with Gasteiger partial charge < -0.3 is 4.90 Å². The topological polar surface area (TPSA) is 38.1 Å². The summed E-state index contributed by atoms with van der Waals surface area (Å²) in [6.07, 6.45) is 0. The number of alkyl halides is 2. The molecule has 6 heteroatoms. The third-order valence-corrected chi connectivity index (χ3v) is 3.16. The Labute approximate surface area is 105 Å². The van der Waals surface area contributed by atoms with E-state index in [4.69, 9.17) is 0 Å². The first-order chi connectivity index (χ1) is 8.21. The number of amides is 1. The molecule has 1 aromatic heterocycles. The maximum Gasteiger partial charge on any atom is 0.289 e. The number of halogens is 2. The quantitative estimate of drug-likeness (QED) is 0.816. The summed E-state index contributed by atoms with van der Waals surface area (Å²) in [5.74, 6) is -3.08. The number of hydrogen-bond donors (Lipinski definition) is 0. The molecule has 0 bridgehead atoms. The number of carbonyl (C=O) groups excluding carboxylic acids is 1. The molecule has 0 spiro atoms. The van der Waals surface area contributed by atoms with Crippen molar-refractivity contribution in [3.63, 3.8) is 0 Å². The normalized spacial score (nSPS) is 15.4. The van der Waals surface area contributed by atoms with E-state index < -0.39 is 5.92 Å². The Hall–Kier alpha value is -1.46. The van der Waals surface area contributed by atoms with Crippen molar-refractivity contribution in [3.05, 3.63) is 17.0 Å². The maximum absolute atomic E-state index is 13.5. The van der Waals surface area contributed by atoms with Crippen LogP contribution in [0.25, 0.3) is 0 Å². The lowest BCUT2D eigenvalue weighted by atomic mass is 10.1. The van der Waals surface area contributed by atoms with Gasteiger partial charge in [0.05, 0.1) is 18.8 Å². The highest BCUT2D eigenvalue weighted by Gasteiger charge is 2.38. The Kier molecular flexibility index (Phi) is 2.91. The fraction of sp³-hybridized carbons (Fsp3) is 0.667. The first-order valence-electron chi connectivity index (χ1n) is 5.96. The Morgan fingerprint density at radius 3 is 2.44 bits per heavy atom. The minimum absolute atomic E-state index is 0.00163. The van der Waals surface area contributed by atoms with E-state index in [9.17, 15) is 13.6 Å². The number of hydrogen-bond acceptors (Lipinski definition) is 2. The molecule has 0 N–H and O–H groups in total. The van der Waals surface area contributed by atoms with E-state index in [0.29, 0.717) is 12.1 Å². The molecule has 100 valence electrons. The maximum atomic E-state index is 13.5. The molecule has 0 atom stereocenters. The zero-order valence-corrected chi connectivity index (χ0v) is 11.0. The van der Waals surface area contributed by atoms with Crippen LogP contribution in [0.1, 0.15) is 50.7 Å². The summed E-state index contributed by atoms with van der Waals surface area (Å²) in [6.45, 7) is 6.67. The monoisotopic (exact) mass is 257 g/mol. The highest BCUT2D eigenvalue weighted by atomic mass is 19.3. The largest absolute Gasteiger partial charge is 0.333 e. The van der Waals surface area contributed by atoms with Crippen LogP contribution in [0.5, 0.6) is 0 Å². The van der Waals surface area contributed by atoms with E-state index in [1.54, 1.807) is 9.58 Å². The summed E-state index contributed by atoms with van der Waals surface area (Å²) < 4.78 is 28.7. The summed E-state index contributed by atoms with van der Waals surface area (Å²) >= 11 is 0. The molecule has 0 saturated carbocycles. The second-order valence-electron chi connectivity index (χ2n) is 5.08. The average molecular weight is 257 g/mol. The molecule has 2 heterocycles. The highest BCUT2D eigenvalue weighted by Crippen LogP contribution is 2.36. The third kappa shape index (κ3) is 2.00. The van der Waals surface area contributed by atoms with Crippen molar-refractivity contribution in [1.29, 1.82) is 0 Å². The van der Waals surface area contributed by atoms with Gasteiger partial charge in [-0.05, 0) is 13.8 Å². The Morgan fingerprint density at radius 1 is 1.39 bits per heavy atom. The lowest BCUT2D eigenvalue weighted by molar-refractivity contribution is -0.129. The number of rotatable bonds is 2. The van der Waals surface area contributed by atoms with E-state index in [-0.39, 0.29) is 24.2 Å². The van der Waals surface area contributed by atoms with Crippen LogP contribution in [0.15, 0.2) is 0 Å². The highest BCUT2D eigenvalue weighted by molar-refractivity contribution is 5.74. The molecule has 0 aromatic carbocycles. The van der Waals surface area contributed by atoms with Gasteiger partial charge in [0.15, 0.2) is 0 Å². The molecule has 0 aliphatic carbocycles. The smallest absolute Gasteiger partial charge is 0.289 e. The van der Waals surface area contributed by atoms with Gasteiger partial charge in [-0.3, -0.25) is 9.48 Å². The first-order valence-corrected chi connectivity index (χ1v) is 5.96. The number of aromatic nitrogens is 2. The standard InChI is InChI=1S/C12H17F2N3O/c1-7(2)17-10-6-16(8(3)18)5-9(10)11(15-17)12(4,13)14/h7H,5-6H2,1-4H3. The van der Waals surface area contributed by atoms with Crippen LogP contribution in [0.4, 0.5) is 8.78 Å². The van der Waals surface area contributed by atoms with E-state index in [1.165, 1.54) is 6.92 Å². The number of fused-ring (bicyclic) bond motifs is 1. The van der Waals surface area contributed by atoms with Crippen LogP contribution in [0.3, 0.4) is 0 Å². The van der Waals surface area contributed by atoms with Crippen LogP contribution in [-0.4, -0.2) is 20.6 Å². The Morgan fingerprint density at radius 2 is 2.00 bits per heavy atom. The van der Waals surface area contributed by atoms with Crippen molar-refractivity contribution in [2.24, 2.45) is 0 Å². The summed E-state index contributed by atoms with van der Waals surface area (Å²) in [4.78, 5) is 12.9. The predicted octanol–water partition coefficient (Wildman–Crippen LogP) is 2.44. The van der Waals surface area contributed by atoms with Crippen molar-refractivity contribution < 1.29 is 13.6 Å². The first kappa shape index (κ1) is 13.0. The molecule has 1 aromatic rings. The fourth-order valence-corrected chi connectivity index (χ4v) is 2.27. The van der Waals surface area contributed by atoms with Crippen molar-refractivity contribution >= 4 is 5.91 Å². The molecule has 1 aliphatic heterocycles. The van der Waals surface area contributed by atoms with Crippen molar-refractivity contribution in [3.8, 4) is 0 Å².